The van der Waals surface area contributed by atoms with E-state index in [1.807, 2.05) is 0 Å². The van der Waals surface area contributed by atoms with Crippen LogP contribution >= 0.6 is 78.9 Å². The van der Waals surface area contributed by atoms with Crippen LogP contribution in [0.4, 0.5) is 0 Å². The van der Waals surface area contributed by atoms with Crippen molar-refractivity contribution in [2.75, 3.05) is 0 Å². The molecule has 0 saturated carbocycles. The van der Waals surface area contributed by atoms with Crippen LogP contribution in [0.15, 0.2) is 139 Å². The average Bonchev–Trinajstić information content (AvgIpc) is 3.51. The summed E-state index contributed by atoms with van der Waals surface area (Å²) in [5.41, 5.74) is 8.26. The van der Waals surface area contributed by atoms with Crippen molar-refractivity contribution in [1.29, 1.82) is 0 Å². The fraction of sp³-hybridized carbons (Fsp3) is 0.309. The standard InChI is InChI=1S/C55H54Br2N6S4/c1-51(2,3)64-47-58-45(59-48(62-47)65-52(4,5)6)31-21-25-33(26-22-31)55(34-27-23-32(24-28-34)46-60-49(66-53(7,8)9)63-50(61-46)67-54(10,11)12)39-29-41(56)35-17-13-15-19-37(35)43(39)44-38-20-16-14-18-36(38)42(57)30-40(44)55/h13-30H,1-12H3. The Balaban J connectivity index is 1.30. The molecule has 0 amide bonds. The van der Waals surface area contributed by atoms with Gasteiger partial charge in [0.05, 0.1) is 5.41 Å². The predicted octanol–water partition coefficient (Wildman–Crippen LogP) is 17.1. The highest BCUT2D eigenvalue weighted by atomic mass is 79.9. The van der Waals surface area contributed by atoms with E-state index in [0.29, 0.717) is 11.6 Å². The summed E-state index contributed by atoms with van der Waals surface area (Å²) >= 11 is 14.8. The van der Waals surface area contributed by atoms with Gasteiger partial charge in [-0.2, -0.15) is 9.97 Å². The molecule has 6 aromatic carbocycles. The van der Waals surface area contributed by atoms with E-state index >= 15 is 0 Å². The Morgan fingerprint density at radius 1 is 0.373 bits per heavy atom. The van der Waals surface area contributed by atoms with Gasteiger partial charge in [-0.1, -0.05) is 259 Å². The van der Waals surface area contributed by atoms with Gasteiger partial charge in [-0.3, -0.25) is 0 Å². The van der Waals surface area contributed by atoms with E-state index in [-0.39, 0.29) is 19.0 Å². The fourth-order valence-electron chi connectivity index (χ4n) is 8.68. The summed E-state index contributed by atoms with van der Waals surface area (Å²) in [6.45, 7) is 26.3. The summed E-state index contributed by atoms with van der Waals surface area (Å²) < 4.78 is 1.81. The smallest absolute Gasteiger partial charge is 0.192 e. The minimum atomic E-state index is -0.750. The molecule has 2 aromatic heterocycles. The second-order valence-corrected chi connectivity index (χ2v) is 29.7. The van der Waals surface area contributed by atoms with Crippen molar-refractivity contribution in [2.24, 2.45) is 0 Å². The molecule has 0 radical (unpaired) electrons. The number of benzene rings is 6. The maximum Gasteiger partial charge on any atom is 0.192 e. The van der Waals surface area contributed by atoms with E-state index in [1.54, 1.807) is 47.0 Å². The average molecular weight is 1090 g/mol. The van der Waals surface area contributed by atoms with Crippen LogP contribution in [0.25, 0.3) is 55.4 Å². The molecule has 0 bridgehead atoms. The van der Waals surface area contributed by atoms with Crippen LogP contribution < -0.4 is 0 Å². The lowest BCUT2D eigenvalue weighted by Gasteiger charge is -2.34. The minimum Gasteiger partial charge on any atom is -0.202 e. The second-order valence-electron chi connectivity index (χ2n) is 20.9. The lowest BCUT2D eigenvalue weighted by Crippen LogP contribution is -2.28. The normalized spacial score (nSPS) is 13.9. The van der Waals surface area contributed by atoms with Gasteiger partial charge in [0.2, 0.25) is 0 Å². The van der Waals surface area contributed by atoms with Crippen LogP contribution in [0.1, 0.15) is 105 Å². The molecule has 12 heteroatoms. The van der Waals surface area contributed by atoms with Crippen molar-refractivity contribution in [3.8, 4) is 33.9 Å². The van der Waals surface area contributed by atoms with E-state index in [0.717, 1.165) is 51.8 Å². The molecule has 342 valence electrons. The highest BCUT2D eigenvalue weighted by Crippen LogP contribution is 2.61. The fourth-order valence-corrected chi connectivity index (χ4v) is 13.2. The monoisotopic (exact) mass is 1080 g/mol. The van der Waals surface area contributed by atoms with Gasteiger partial charge in [-0.15, -0.1) is 0 Å². The van der Waals surface area contributed by atoms with Crippen molar-refractivity contribution in [3.05, 3.63) is 140 Å². The van der Waals surface area contributed by atoms with Crippen LogP contribution in [-0.2, 0) is 5.41 Å². The molecule has 9 rings (SSSR count). The Hall–Kier alpha value is -3.78. The summed E-state index contributed by atoms with van der Waals surface area (Å²) in [4.78, 5) is 30.1. The van der Waals surface area contributed by atoms with Crippen molar-refractivity contribution >= 4 is 100 Å². The molecule has 0 saturated heterocycles. The molecule has 67 heavy (non-hydrogen) atoms. The molecule has 8 aromatic rings. The van der Waals surface area contributed by atoms with Crippen molar-refractivity contribution in [2.45, 2.75) is 128 Å². The zero-order valence-electron chi connectivity index (χ0n) is 40.0. The van der Waals surface area contributed by atoms with E-state index in [4.69, 9.17) is 29.9 Å². The van der Waals surface area contributed by atoms with Gasteiger partial charge in [0, 0.05) is 39.1 Å². The Labute approximate surface area is 429 Å². The van der Waals surface area contributed by atoms with Gasteiger partial charge >= 0.3 is 0 Å². The van der Waals surface area contributed by atoms with Crippen molar-refractivity contribution < 1.29 is 0 Å². The Kier molecular flexibility index (Phi) is 12.9. The van der Waals surface area contributed by atoms with E-state index in [9.17, 15) is 0 Å². The first kappa shape index (κ1) is 48.3. The Morgan fingerprint density at radius 3 is 0.940 bits per heavy atom. The molecule has 0 unspecified atom stereocenters. The number of aromatic nitrogens is 6. The maximum absolute atomic E-state index is 5.07. The van der Waals surface area contributed by atoms with E-state index in [2.05, 4.69) is 224 Å². The highest BCUT2D eigenvalue weighted by Gasteiger charge is 2.48. The topological polar surface area (TPSA) is 77.3 Å². The number of thioether (sulfide) groups is 4. The first-order valence-corrected chi connectivity index (χ1v) is 27.2. The van der Waals surface area contributed by atoms with Crippen LogP contribution in [0.3, 0.4) is 0 Å². The molecule has 1 aliphatic rings. The summed E-state index contributed by atoms with van der Waals surface area (Å²) in [6.07, 6.45) is 0. The number of hydrogen-bond acceptors (Lipinski definition) is 10. The zero-order chi connectivity index (χ0) is 47.8. The molecular weight excluding hydrogens is 1030 g/mol. The molecular formula is C55H54Br2N6S4. The van der Waals surface area contributed by atoms with Gasteiger partial charge in [-0.05, 0) is 67.1 Å². The van der Waals surface area contributed by atoms with Gasteiger partial charge in [0.15, 0.2) is 32.3 Å². The molecule has 2 heterocycles. The third-order valence-electron chi connectivity index (χ3n) is 11.0. The number of hydrogen-bond donors (Lipinski definition) is 0. The summed E-state index contributed by atoms with van der Waals surface area (Å²) in [6, 6.07) is 40.1. The first-order chi connectivity index (χ1) is 31.5. The Morgan fingerprint density at radius 2 is 0.657 bits per heavy atom. The number of nitrogens with zero attached hydrogens (tertiary/aromatic N) is 6. The molecule has 0 spiro atoms. The maximum atomic E-state index is 5.07. The predicted molar refractivity (Wildman–Crippen MR) is 294 cm³/mol. The molecule has 0 fully saturated rings. The molecule has 0 N–H and O–H groups in total. The third kappa shape index (κ3) is 10.00. The third-order valence-corrected chi connectivity index (χ3v) is 16.2. The lowest BCUT2D eigenvalue weighted by molar-refractivity contribution is 0.751. The molecule has 0 aliphatic heterocycles. The Bertz CT molecular complexity index is 2920. The van der Waals surface area contributed by atoms with Crippen LogP contribution in [-0.4, -0.2) is 48.9 Å². The highest BCUT2D eigenvalue weighted by molar-refractivity contribution is 9.11. The van der Waals surface area contributed by atoms with Gasteiger partial charge in [-0.25, -0.2) is 19.9 Å². The van der Waals surface area contributed by atoms with Gasteiger partial charge < -0.3 is 0 Å². The van der Waals surface area contributed by atoms with E-state index < -0.39 is 5.41 Å². The first-order valence-electron chi connectivity index (χ1n) is 22.4. The quantitative estimate of drug-likeness (QED) is 0.137. The van der Waals surface area contributed by atoms with Crippen LogP contribution in [0.5, 0.6) is 0 Å². The molecule has 1 aliphatic carbocycles. The van der Waals surface area contributed by atoms with Crippen molar-refractivity contribution in [3.63, 3.8) is 0 Å². The van der Waals surface area contributed by atoms with Gasteiger partial charge in [0.25, 0.3) is 0 Å². The lowest BCUT2D eigenvalue weighted by atomic mass is 9.67. The number of rotatable bonds is 8. The molecule has 6 nitrogen and oxygen atoms in total. The van der Waals surface area contributed by atoms with E-state index in [1.165, 1.54) is 43.8 Å². The van der Waals surface area contributed by atoms with Crippen molar-refractivity contribution in [1.82, 2.24) is 29.9 Å². The number of fused-ring (bicyclic) bond motifs is 7. The van der Waals surface area contributed by atoms with Crippen LogP contribution in [0, 0.1) is 0 Å². The minimum absolute atomic E-state index is 0.0703. The zero-order valence-corrected chi connectivity index (χ0v) is 46.4. The summed E-state index contributed by atoms with van der Waals surface area (Å²) in [7, 11) is 0. The van der Waals surface area contributed by atoms with Crippen LogP contribution in [0.2, 0.25) is 0 Å². The second kappa shape index (κ2) is 17.9. The SMILES string of the molecule is CC(C)(C)Sc1nc(SC(C)(C)C)nc(-c2ccc(C3(c4ccc(-c5nc(SC(C)(C)C)nc(SC(C)(C)C)n5)cc4)c4cc(Br)c5ccccc5c4-c4c3cc(Br)c3ccccc43)cc2)n1. The summed E-state index contributed by atoms with van der Waals surface area (Å²) in [5.74, 6) is 1.33. The largest absolute Gasteiger partial charge is 0.202 e. The summed E-state index contributed by atoms with van der Waals surface area (Å²) in [5, 5.41) is 7.65. The molecule has 0 atom stereocenters. The van der Waals surface area contributed by atoms with Gasteiger partial charge in [0.1, 0.15) is 0 Å². The number of halogens is 2.